The van der Waals surface area contributed by atoms with E-state index in [-0.39, 0.29) is 12.0 Å². The quantitative estimate of drug-likeness (QED) is 0.748. The maximum absolute atomic E-state index is 13.2. The van der Waals surface area contributed by atoms with Gasteiger partial charge < -0.3 is 10.6 Å². The number of halogens is 1. The van der Waals surface area contributed by atoms with Crippen LogP contribution in [0.2, 0.25) is 0 Å². The lowest BCUT2D eigenvalue weighted by Crippen LogP contribution is -2.41. The standard InChI is InChI=1S/C13H16FN3/c14-9-5-6-10-11(8-9)16-12-4-2-1-3-7-17(12)13(10)15/h5-6,8,13H,1-4,7,15H2. The summed E-state index contributed by atoms with van der Waals surface area (Å²) in [5, 5.41) is 0. The van der Waals surface area contributed by atoms with E-state index in [0.29, 0.717) is 5.69 Å². The topological polar surface area (TPSA) is 41.6 Å². The smallest absolute Gasteiger partial charge is 0.125 e. The van der Waals surface area contributed by atoms with Crippen LogP contribution in [0.15, 0.2) is 23.2 Å². The van der Waals surface area contributed by atoms with Gasteiger partial charge in [0.1, 0.15) is 17.8 Å². The van der Waals surface area contributed by atoms with E-state index in [1.54, 1.807) is 6.07 Å². The molecule has 4 heteroatoms. The molecule has 0 aliphatic carbocycles. The summed E-state index contributed by atoms with van der Waals surface area (Å²) in [5.41, 5.74) is 7.87. The van der Waals surface area contributed by atoms with Crippen LogP contribution < -0.4 is 5.73 Å². The molecule has 1 unspecified atom stereocenters. The molecule has 17 heavy (non-hydrogen) atoms. The first-order valence-corrected chi connectivity index (χ1v) is 6.15. The SMILES string of the molecule is NC1c2ccc(F)cc2N=C2CCCCCN21. The van der Waals surface area contributed by atoms with E-state index in [1.165, 1.54) is 18.6 Å². The lowest BCUT2D eigenvalue weighted by atomic mass is 10.1. The zero-order valence-corrected chi connectivity index (χ0v) is 9.69. The van der Waals surface area contributed by atoms with E-state index >= 15 is 0 Å². The Hall–Kier alpha value is -1.42. The highest BCUT2D eigenvalue weighted by Gasteiger charge is 2.27. The number of aliphatic imine (C=N–C) groups is 1. The summed E-state index contributed by atoms with van der Waals surface area (Å²) in [6.45, 7) is 0.955. The number of hydrogen-bond acceptors (Lipinski definition) is 3. The molecule has 1 saturated heterocycles. The number of benzene rings is 1. The van der Waals surface area contributed by atoms with Gasteiger partial charge in [0.05, 0.1) is 5.69 Å². The van der Waals surface area contributed by atoms with E-state index in [9.17, 15) is 4.39 Å². The molecular formula is C13H16FN3. The van der Waals surface area contributed by atoms with Gasteiger partial charge in [-0.1, -0.05) is 12.5 Å². The monoisotopic (exact) mass is 233 g/mol. The number of amidine groups is 1. The van der Waals surface area contributed by atoms with Crippen molar-refractivity contribution in [2.45, 2.75) is 31.8 Å². The van der Waals surface area contributed by atoms with E-state index in [2.05, 4.69) is 9.89 Å². The van der Waals surface area contributed by atoms with Crippen molar-refractivity contribution >= 4 is 11.5 Å². The Morgan fingerprint density at radius 3 is 3.06 bits per heavy atom. The zero-order valence-electron chi connectivity index (χ0n) is 9.69. The molecule has 1 aromatic rings. The predicted octanol–water partition coefficient (Wildman–Crippen LogP) is 2.70. The second-order valence-electron chi connectivity index (χ2n) is 4.68. The largest absolute Gasteiger partial charge is 0.340 e. The number of nitrogens with two attached hydrogens (primary N) is 1. The second-order valence-corrected chi connectivity index (χ2v) is 4.68. The fourth-order valence-electron chi connectivity index (χ4n) is 2.61. The summed E-state index contributed by atoms with van der Waals surface area (Å²) in [6.07, 6.45) is 4.29. The maximum atomic E-state index is 13.2. The molecule has 2 aliphatic heterocycles. The summed E-state index contributed by atoms with van der Waals surface area (Å²) in [7, 11) is 0. The molecule has 0 bridgehead atoms. The van der Waals surface area contributed by atoms with Crippen LogP contribution in [0.4, 0.5) is 10.1 Å². The normalized spacial score (nSPS) is 23.5. The lowest BCUT2D eigenvalue weighted by Gasteiger charge is -2.35. The molecule has 2 aliphatic rings. The molecule has 0 saturated carbocycles. The molecule has 0 amide bonds. The van der Waals surface area contributed by atoms with Crippen LogP contribution in [0.1, 0.15) is 37.4 Å². The van der Waals surface area contributed by atoms with Crippen molar-refractivity contribution in [3.05, 3.63) is 29.6 Å². The average molecular weight is 233 g/mol. The zero-order chi connectivity index (χ0) is 11.8. The molecular weight excluding hydrogens is 217 g/mol. The Bertz CT molecular complexity index is 470. The van der Waals surface area contributed by atoms with Crippen molar-refractivity contribution < 1.29 is 4.39 Å². The highest BCUT2D eigenvalue weighted by atomic mass is 19.1. The summed E-state index contributed by atoms with van der Waals surface area (Å²) in [5.74, 6) is 0.774. The molecule has 3 nitrogen and oxygen atoms in total. The molecule has 1 aromatic carbocycles. The molecule has 2 N–H and O–H groups in total. The van der Waals surface area contributed by atoms with Crippen molar-refractivity contribution in [3.8, 4) is 0 Å². The van der Waals surface area contributed by atoms with Crippen molar-refractivity contribution in [2.24, 2.45) is 10.7 Å². The van der Waals surface area contributed by atoms with Gasteiger partial charge >= 0.3 is 0 Å². The number of rotatable bonds is 0. The number of hydrogen-bond donors (Lipinski definition) is 1. The number of nitrogens with zero attached hydrogens (tertiary/aromatic N) is 2. The first-order valence-electron chi connectivity index (χ1n) is 6.15. The third-order valence-electron chi connectivity index (χ3n) is 3.53. The summed E-state index contributed by atoms with van der Waals surface area (Å²) >= 11 is 0. The average Bonchev–Trinajstić information content (AvgIpc) is 2.54. The van der Waals surface area contributed by atoms with Crippen molar-refractivity contribution in [1.29, 1.82) is 0 Å². The van der Waals surface area contributed by atoms with E-state index < -0.39 is 0 Å². The Balaban J connectivity index is 2.06. The summed E-state index contributed by atoms with van der Waals surface area (Å²) < 4.78 is 13.2. The van der Waals surface area contributed by atoms with Crippen molar-refractivity contribution in [2.75, 3.05) is 6.54 Å². The van der Waals surface area contributed by atoms with Crippen LogP contribution in [-0.4, -0.2) is 17.3 Å². The van der Waals surface area contributed by atoms with Crippen LogP contribution in [0, 0.1) is 5.82 Å². The van der Waals surface area contributed by atoms with Gasteiger partial charge in [-0.05, 0) is 25.0 Å². The van der Waals surface area contributed by atoms with Gasteiger partial charge in [0.2, 0.25) is 0 Å². The molecule has 0 spiro atoms. The first-order chi connectivity index (χ1) is 8.25. The van der Waals surface area contributed by atoms with Gasteiger partial charge in [0.25, 0.3) is 0 Å². The Kier molecular flexibility index (Phi) is 2.59. The van der Waals surface area contributed by atoms with Gasteiger partial charge in [-0.25, -0.2) is 9.38 Å². The van der Waals surface area contributed by atoms with Crippen LogP contribution in [0.3, 0.4) is 0 Å². The molecule has 2 heterocycles. The van der Waals surface area contributed by atoms with Crippen LogP contribution in [0.5, 0.6) is 0 Å². The molecule has 0 aromatic heterocycles. The molecule has 0 radical (unpaired) electrons. The second kappa shape index (κ2) is 4.11. The Morgan fingerprint density at radius 2 is 2.18 bits per heavy atom. The predicted molar refractivity (Wildman–Crippen MR) is 65.6 cm³/mol. The van der Waals surface area contributed by atoms with Gasteiger partial charge in [-0.2, -0.15) is 0 Å². The van der Waals surface area contributed by atoms with Gasteiger partial charge in [0.15, 0.2) is 0 Å². The molecule has 1 fully saturated rings. The minimum Gasteiger partial charge on any atom is -0.340 e. The van der Waals surface area contributed by atoms with Gasteiger partial charge in [-0.3, -0.25) is 0 Å². The van der Waals surface area contributed by atoms with Gasteiger partial charge in [-0.15, -0.1) is 0 Å². The minimum atomic E-state index is -0.248. The highest BCUT2D eigenvalue weighted by molar-refractivity contribution is 5.87. The third-order valence-corrected chi connectivity index (χ3v) is 3.53. The van der Waals surface area contributed by atoms with Crippen LogP contribution >= 0.6 is 0 Å². The fourth-order valence-corrected chi connectivity index (χ4v) is 2.61. The molecule has 90 valence electrons. The summed E-state index contributed by atoms with van der Waals surface area (Å²) in [6, 6.07) is 4.68. The Labute approximate surface area is 100 Å². The molecule has 1 atom stereocenters. The van der Waals surface area contributed by atoms with Gasteiger partial charge in [0, 0.05) is 18.5 Å². The minimum absolute atomic E-state index is 0.170. The summed E-state index contributed by atoms with van der Waals surface area (Å²) in [4.78, 5) is 6.72. The lowest BCUT2D eigenvalue weighted by molar-refractivity contribution is 0.316. The maximum Gasteiger partial charge on any atom is 0.125 e. The van der Waals surface area contributed by atoms with Crippen LogP contribution in [-0.2, 0) is 0 Å². The first kappa shape index (κ1) is 10.7. The van der Waals surface area contributed by atoms with Crippen LogP contribution in [0.25, 0.3) is 0 Å². The van der Waals surface area contributed by atoms with Crippen molar-refractivity contribution in [3.63, 3.8) is 0 Å². The Morgan fingerprint density at radius 1 is 1.29 bits per heavy atom. The third kappa shape index (κ3) is 1.82. The number of fused-ring (bicyclic) bond motifs is 2. The van der Waals surface area contributed by atoms with Crippen molar-refractivity contribution in [1.82, 2.24) is 4.90 Å². The highest BCUT2D eigenvalue weighted by Crippen LogP contribution is 2.34. The van der Waals surface area contributed by atoms with E-state index in [1.807, 2.05) is 0 Å². The van der Waals surface area contributed by atoms with E-state index in [0.717, 1.165) is 37.2 Å². The fraction of sp³-hybridized carbons (Fsp3) is 0.462. The molecule has 3 rings (SSSR count). The van der Waals surface area contributed by atoms with E-state index in [4.69, 9.17) is 5.73 Å².